The SMILES string of the molecule is COc1cc([C@@H]2c3cc4c(cc3[C@@H](O)[C@@H](CO)[C@@H]2C(=O)O)OCO4)cc(OC)c1OC. The van der Waals surface area contributed by atoms with E-state index in [1.807, 2.05) is 0 Å². The second kappa shape index (κ2) is 8.16. The summed E-state index contributed by atoms with van der Waals surface area (Å²) in [6.45, 7) is -0.470. The zero-order valence-corrected chi connectivity index (χ0v) is 17.3. The molecule has 2 aliphatic rings. The fraction of sp³-hybridized carbons (Fsp3) is 0.409. The van der Waals surface area contributed by atoms with E-state index in [0.717, 1.165) is 0 Å². The third-order valence-electron chi connectivity index (χ3n) is 6.00. The molecule has 0 saturated carbocycles. The van der Waals surface area contributed by atoms with E-state index in [4.69, 9.17) is 23.7 Å². The van der Waals surface area contributed by atoms with E-state index < -0.39 is 36.4 Å². The van der Waals surface area contributed by atoms with Crippen molar-refractivity contribution in [3.63, 3.8) is 0 Å². The highest BCUT2D eigenvalue weighted by molar-refractivity contribution is 5.75. The minimum absolute atomic E-state index is 0.0367. The third-order valence-corrected chi connectivity index (χ3v) is 6.00. The summed E-state index contributed by atoms with van der Waals surface area (Å²) < 4.78 is 27.2. The van der Waals surface area contributed by atoms with E-state index >= 15 is 0 Å². The van der Waals surface area contributed by atoms with E-state index in [0.29, 0.717) is 45.4 Å². The van der Waals surface area contributed by atoms with Gasteiger partial charge in [-0.2, -0.15) is 0 Å². The van der Waals surface area contributed by atoms with Crippen LogP contribution in [0.25, 0.3) is 0 Å². The van der Waals surface area contributed by atoms with Crippen molar-refractivity contribution >= 4 is 5.97 Å². The fourth-order valence-corrected chi connectivity index (χ4v) is 4.57. The van der Waals surface area contributed by atoms with Crippen LogP contribution < -0.4 is 23.7 Å². The van der Waals surface area contributed by atoms with Gasteiger partial charge < -0.3 is 39.0 Å². The van der Waals surface area contributed by atoms with Gasteiger partial charge in [0.15, 0.2) is 23.0 Å². The molecule has 0 amide bonds. The maximum Gasteiger partial charge on any atom is 0.307 e. The van der Waals surface area contributed by atoms with Gasteiger partial charge in [0, 0.05) is 18.4 Å². The topological polar surface area (TPSA) is 124 Å². The van der Waals surface area contributed by atoms with Crippen LogP contribution >= 0.6 is 0 Å². The molecule has 4 atom stereocenters. The number of aliphatic hydroxyl groups excluding tert-OH is 2. The number of aliphatic hydroxyl groups is 2. The zero-order valence-electron chi connectivity index (χ0n) is 17.3. The number of carboxylic acids is 1. The van der Waals surface area contributed by atoms with Gasteiger partial charge in [0.1, 0.15) is 0 Å². The van der Waals surface area contributed by atoms with Crippen molar-refractivity contribution < 1.29 is 43.8 Å². The number of carbonyl (C=O) groups is 1. The zero-order chi connectivity index (χ0) is 22.3. The first-order valence-electron chi connectivity index (χ1n) is 9.70. The Hall–Kier alpha value is -3.17. The van der Waals surface area contributed by atoms with Crippen LogP contribution in [0.15, 0.2) is 24.3 Å². The van der Waals surface area contributed by atoms with Crippen molar-refractivity contribution in [1.29, 1.82) is 0 Å². The van der Waals surface area contributed by atoms with Gasteiger partial charge >= 0.3 is 5.97 Å². The number of ether oxygens (including phenoxy) is 5. The molecule has 31 heavy (non-hydrogen) atoms. The van der Waals surface area contributed by atoms with Crippen LogP contribution in [0.4, 0.5) is 0 Å². The molecular formula is C22H24O9. The Morgan fingerprint density at radius 3 is 2.06 bits per heavy atom. The lowest BCUT2D eigenvalue weighted by Gasteiger charge is -2.40. The summed E-state index contributed by atoms with van der Waals surface area (Å²) >= 11 is 0. The number of carboxylic acid groups (broad SMARTS) is 1. The lowest BCUT2D eigenvalue weighted by molar-refractivity contribution is -0.148. The maximum absolute atomic E-state index is 12.4. The van der Waals surface area contributed by atoms with E-state index in [1.165, 1.54) is 21.3 Å². The van der Waals surface area contributed by atoms with Gasteiger partial charge in [0.25, 0.3) is 0 Å². The number of fused-ring (bicyclic) bond motifs is 2. The Bertz CT molecular complexity index is 978. The summed E-state index contributed by atoms with van der Waals surface area (Å²) in [5, 5.41) is 31.0. The largest absolute Gasteiger partial charge is 0.493 e. The molecule has 0 unspecified atom stereocenters. The Morgan fingerprint density at radius 1 is 1.00 bits per heavy atom. The Balaban J connectivity index is 1.99. The van der Waals surface area contributed by atoms with Gasteiger partial charge in [-0.3, -0.25) is 4.79 Å². The van der Waals surface area contributed by atoms with Gasteiger partial charge in [-0.25, -0.2) is 0 Å². The van der Waals surface area contributed by atoms with Gasteiger partial charge in [-0.05, 0) is 41.0 Å². The van der Waals surface area contributed by atoms with Crippen LogP contribution in [-0.2, 0) is 4.79 Å². The molecule has 1 aliphatic heterocycles. The highest BCUT2D eigenvalue weighted by Crippen LogP contribution is 2.53. The predicted octanol–water partition coefficient (Wildman–Crippen LogP) is 1.93. The molecule has 1 heterocycles. The molecule has 1 aliphatic carbocycles. The number of hydrogen-bond acceptors (Lipinski definition) is 8. The Morgan fingerprint density at radius 2 is 1.58 bits per heavy atom. The minimum Gasteiger partial charge on any atom is -0.493 e. The first-order valence-corrected chi connectivity index (χ1v) is 9.70. The van der Waals surface area contributed by atoms with Crippen LogP contribution in [0.3, 0.4) is 0 Å². The van der Waals surface area contributed by atoms with E-state index in [1.54, 1.807) is 24.3 Å². The van der Waals surface area contributed by atoms with Crippen molar-refractivity contribution in [3.8, 4) is 28.7 Å². The molecule has 9 heteroatoms. The predicted molar refractivity (Wildman–Crippen MR) is 107 cm³/mol. The van der Waals surface area contributed by atoms with Gasteiger partial charge in [0.05, 0.1) is 33.4 Å². The smallest absolute Gasteiger partial charge is 0.307 e. The van der Waals surface area contributed by atoms with Crippen LogP contribution in [0.5, 0.6) is 28.7 Å². The van der Waals surface area contributed by atoms with E-state index in [2.05, 4.69) is 0 Å². The quantitative estimate of drug-likeness (QED) is 0.628. The molecule has 9 nitrogen and oxygen atoms in total. The second-order valence-electron chi connectivity index (χ2n) is 7.43. The molecule has 2 aromatic carbocycles. The second-order valence-corrected chi connectivity index (χ2v) is 7.43. The number of methoxy groups -OCH3 is 3. The van der Waals surface area contributed by atoms with Crippen LogP contribution in [0, 0.1) is 11.8 Å². The molecule has 0 saturated heterocycles. The molecule has 4 rings (SSSR count). The molecule has 0 fully saturated rings. The van der Waals surface area contributed by atoms with Gasteiger partial charge in [0.2, 0.25) is 12.5 Å². The summed E-state index contributed by atoms with van der Waals surface area (Å²) in [6.07, 6.45) is -1.19. The third kappa shape index (κ3) is 3.30. The highest BCUT2D eigenvalue weighted by Gasteiger charge is 2.47. The molecular weight excluding hydrogens is 408 g/mol. The molecule has 166 valence electrons. The average molecular weight is 432 g/mol. The normalized spacial score (nSPS) is 23.8. The van der Waals surface area contributed by atoms with Crippen molar-refractivity contribution in [2.75, 3.05) is 34.7 Å². The number of rotatable bonds is 6. The molecule has 0 bridgehead atoms. The summed E-state index contributed by atoms with van der Waals surface area (Å²) in [6, 6.07) is 6.71. The van der Waals surface area contributed by atoms with Crippen molar-refractivity contribution in [1.82, 2.24) is 0 Å². The van der Waals surface area contributed by atoms with Crippen LogP contribution in [0.1, 0.15) is 28.7 Å². The van der Waals surface area contributed by atoms with E-state index in [-0.39, 0.29) is 6.79 Å². The summed E-state index contributed by atoms with van der Waals surface area (Å²) in [5.41, 5.74) is 1.63. The van der Waals surface area contributed by atoms with Crippen molar-refractivity contribution in [3.05, 3.63) is 41.0 Å². The molecule has 3 N–H and O–H groups in total. The van der Waals surface area contributed by atoms with Crippen LogP contribution in [-0.4, -0.2) is 56.0 Å². The molecule has 0 radical (unpaired) electrons. The summed E-state index contributed by atoms with van der Waals surface area (Å²) in [4.78, 5) is 12.4. The Labute approximate surface area is 178 Å². The minimum atomic E-state index is -1.19. The monoisotopic (exact) mass is 432 g/mol. The lowest BCUT2D eigenvalue weighted by atomic mass is 9.65. The maximum atomic E-state index is 12.4. The number of aliphatic carboxylic acids is 1. The van der Waals surface area contributed by atoms with Crippen molar-refractivity contribution in [2.24, 2.45) is 11.8 Å². The van der Waals surface area contributed by atoms with Gasteiger partial charge in [-0.1, -0.05) is 0 Å². The standard InChI is InChI=1S/C22H24O9/c1-27-16-4-10(5-17(28-2)21(16)29-3)18-11-6-14-15(31-9-30-14)7-12(11)20(24)13(8-23)19(18)22(25)26/h4-7,13,18-20,23-24H,8-9H2,1-3H3,(H,25,26)/t13-,18+,19-,20+/m0/s1. The van der Waals surface area contributed by atoms with Gasteiger partial charge in [-0.15, -0.1) is 0 Å². The summed E-state index contributed by atoms with van der Waals surface area (Å²) in [7, 11) is 4.43. The molecule has 2 aromatic rings. The van der Waals surface area contributed by atoms with E-state index in [9.17, 15) is 20.1 Å². The average Bonchev–Trinajstić information content (AvgIpc) is 3.24. The number of hydrogen-bond donors (Lipinski definition) is 3. The molecule has 0 spiro atoms. The summed E-state index contributed by atoms with van der Waals surface area (Å²) in [5.74, 6) is -1.87. The Kier molecular flexibility index (Phi) is 5.55. The number of benzene rings is 2. The fourth-order valence-electron chi connectivity index (χ4n) is 4.57. The molecule has 0 aromatic heterocycles. The highest BCUT2D eigenvalue weighted by atomic mass is 16.7. The van der Waals surface area contributed by atoms with Crippen LogP contribution in [0.2, 0.25) is 0 Å². The van der Waals surface area contributed by atoms with Crippen molar-refractivity contribution in [2.45, 2.75) is 12.0 Å². The first-order chi connectivity index (χ1) is 14.9. The lowest BCUT2D eigenvalue weighted by Crippen LogP contribution is -2.40. The first kappa shape index (κ1) is 21.1.